The topological polar surface area (TPSA) is 101 Å². The van der Waals surface area contributed by atoms with Crippen molar-refractivity contribution in [3.63, 3.8) is 0 Å². The van der Waals surface area contributed by atoms with Crippen molar-refractivity contribution in [2.75, 3.05) is 18.1 Å². The molecule has 0 aliphatic carbocycles. The first-order valence-corrected chi connectivity index (χ1v) is 6.78. The third-order valence-electron chi connectivity index (χ3n) is 2.52. The molecule has 7 heteroatoms. The number of hydrogen-bond donors (Lipinski definition) is 2. The molecule has 0 aromatic rings. The van der Waals surface area contributed by atoms with Crippen molar-refractivity contribution in [3.8, 4) is 0 Å². The van der Waals surface area contributed by atoms with Gasteiger partial charge in [-0.05, 0) is 20.8 Å². The smallest absolute Gasteiger partial charge is 0.329 e. The van der Waals surface area contributed by atoms with E-state index >= 15 is 0 Å². The molecule has 0 aromatic heterocycles. The SMILES string of the molecule is CCN(C(=O)CCSCC(N)=O)C(C)(C)C(=O)O. The highest BCUT2D eigenvalue weighted by atomic mass is 32.2. The number of carbonyl (C=O) groups excluding carboxylic acids is 2. The molecule has 0 unspecified atom stereocenters. The molecule has 0 rings (SSSR count). The molecule has 0 aliphatic heterocycles. The predicted molar refractivity (Wildman–Crippen MR) is 70.2 cm³/mol. The molecule has 0 spiro atoms. The summed E-state index contributed by atoms with van der Waals surface area (Å²) in [6.45, 7) is 5.05. The standard InChI is InChI=1S/C11H20N2O4S/c1-4-13(11(2,3)10(16)17)9(15)5-6-18-7-8(12)14/h4-7H2,1-3H3,(H2,12,14)(H,16,17). The fourth-order valence-corrected chi connectivity index (χ4v) is 2.13. The summed E-state index contributed by atoms with van der Waals surface area (Å²) in [6, 6.07) is 0. The van der Waals surface area contributed by atoms with E-state index in [9.17, 15) is 14.4 Å². The van der Waals surface area contributed by atoms with Crippen LogP contribution in [0.15, 0.2) is 0 Å². The number of likely N-dealkylation sites (N-methyl/N-ethyl adjacent to an activating group) is 1. The van der Waals surface area contributed by atoms with Gasteiger partial charge in [0.25, 0.3) is 0 Å². The van der Waals surface area contributed by atoms with Gasteiger partial charge in [-0.1, -0.05) is 0 Å². The molecule has 3 N–H and O–H groups in total. The van der Waals surface area contributed by atoms with E-state index in [1.54, 1.807) is 6.92 Å². The summed E-state index contributed by atoms with van der Waals surface area (Å²) in [7, 11) is 0. The molecular weight excluding hydrogens is 256 g/mol. The van der Waals surface area contributed by atoms with Crippen LogP contribution in [0.4, 0.5) is 0 Å². The lowest BCUT2D eigenvalue weighted by Crippen LogP contribution is -2.53. The molecule has 18 heavy (non-hydrogen) atoms. The summed E-state index contributed by atoms with van der Waals surface area (Å²) >= 11 is 1.27. The van der Waals surface area contributed by atoms with Gasteiger partial charge >= 0.3 is 5.97 Å². The van der Waals surface area contributed by atoms with E-state index in [4.69, 9.17) is 10.8 Å². The van der Waals surface area contributed by atoms with Crippen LogP contribution in [-0.4, -0.2) is 51.4 Å². The zero-order valence-corrected chi connectivity index (χ0v) is 11.7. The van der Waals surface area contributed by atoms with Gasteiger partial charge in [0.2, 0.25) is 11.8 Å². The van der Waals surface area contributed by atoms with Crippen LogP contribution in [0.3, 0.4) is 0 Å². The van der Waals surface area contributed by atoms with Crippen LogP contribution < -0.4 is 5.73 Å². The molecule has 104 valence electrons. The van der Waals surface area contributed by atoms with Gasteiger partial charge in [0, 0.05) is 18.7 Å². The molecule has 0 aliphatic rings. The Morgan fingerprint density at radius 1 is 1.33 bits per heavy atom. The highest BCUT2D eigenvalue weighted by Gasteiger charge is 2.36. The number of carboxylic acid groups (broad SMARTS) is 1. The van der Waals surface area contributed by atoms with E-state index in [0.29, 0.717) is 12.3 Å². The van der Waals surface area contributed by atoms with Crippen LogP contribution in [0.2, 0.25) is 0 Å². The first-order valence-electron chi connectivity index (χ1n) is 5.63. The lowest BCUT2D eigenvalue weighted by molar-refractivity contribution is -0.156. The van der Waals surface area contributed by atoms with Gasteiger partial charge in [0.05, 0.1) is 5.75 Å². The molecule has 0 aromatic carbocycles. The lowest BCUT2D eigenvalue weighted by atomic mass is 10.0. The van der Waals surface area contributed by atoms with Crippen LogP contribution in [0.5, 0.6) is 0 Å². The minimum atomic E-state index is -1.22. The summed E-state index contributed by atoms with van der Waals surface area (Å²) in [5, 5.41) is 9.08. The number of nitrogens with zero attached hydrogens (tertiary/aromatic N) is 1. The number of carboxylic acids is 1. The maximum absolute atomic E-state index is 11.9. The number of aliphatic carboxylic acids is 1. The van der Waals surface area contributed by atoms with Gasteiger partial charge in [-0.2, -0.15) is 11.8 Å². The number of thioether (sulfide) groups is 1. The maximum Gasteiger partial charge on any atom is 0.329 e. The highest BCUT2D eigenvalue weighted by molar-refractivity contribution is 7.99. The average molecular weight is 276 g/mol. The molecule has 0 radical (unpaired) electrons. The fraction of sp³-hybridized carbons (Fsp3) is 0.727. The molecule has 2 amide bonds. The molecule has 0 heterocycles. The van der Waals surface area contributed by atoms with Crippen molar-refractivity contribution < 1.29 is 19.5 Å². The molecule has 6 nitrogen and oxygen atoms in total. The van der Waals surface area contributed by atoms with E-state index in [1.807, 2.05) is 0 Å². The number of hydrogen-bond acceptors (Lipinski definition) is 4. The number of nitrogens with two attached hydrogens (primary N) is 1. The Morgan fingerprint density at radius 3 is 2.28 bits per heavy atom. The molecule has 0 bridgehead atoms. The van der Waals surface area contributed by atoms with E-state index < -0.39 is 17.4 Å². The predicted octanol–water partition coefficient (Wildman–Crippen LogP) is 0.307. The van der Waals surface area contributed by atoms with Crippen LogP contribution in [0.25, 0.3) is 0 Å². The fourth-order valence-electron chi connectivity index (χ4n) is 1.47. The summed E-state index contributed by atoms with van der Waals surface area (Å²) in [5.74, 6) is -1.08. The monoisotopic (exact) mass is 276 g/mol. The summed E-state index contributed by atoms with van der Waals surface area (Å²) in [6.07, 6.45) is 0.197. The Morgan fingerprint density at radius 2 is 1.89 bits per heavy atom. The first-order chi connectivity index (χ1) is 8.23. The number of carbonyl (C=O) groups is 3. The second-order valence-electron chi connectivity index (χ2n) is 4.27. The van der Waals surface area contributed by atoms with Crippen molar-refractivity contribution >= 4 is 29.5 Å². The van der Waals surface area contributed by atoms with Gasteiger partial charge in [0.15, 0.2) is 0 Å². The minimum absolute atomic E-state index is 0.168. The largest absolute Gasteiger partial charge is 0.480 e. The maximum atomic E-state index is 11.9. The van der Waals surface area contributed by atoms with Crippen molar-refractivity contribution in [2.24, 2.45) is 5.73 Å². The van der Waals surface area contributed by atoms with Gasteiger partial charge < -0.3 is 15.7 Å². The van der Waals surface area contributed by atoms with E-state index in [-0.39, 0.29) is 18.1 Å². The Hall–Kier alpha value is -1.24. The Bertz CT molecular complexity index is 331. The molecule has 0 saturated carbocycles. The van der Waals surface area contributed by atoms with Gasteiger partial charge in [0.1, 0.15) is 5.54 Å². The van der Waals surface area contributed by atoms with E-state index in [0.717, 1.165) is 0 Å². The van der Waals surface area contributed by atoms with Crippen LogP contribution in [-0.2, 0) is 14.4 Å². The van der Waals surface area contributed by atoms with Crippen molar-refractivity contribution in [2.45, 2.75) is 32.7 Å². The second-order valence-corrected chi connectivity index (χ2v) is 5.38. The molecule has 0 atom stereocenters. The molecular formula is C11H20N2O4S. The number of rotatable bonds is 8. The summed E-state index contributed by atoms with van der Waals surface area (Å²) < 4.78 is 0. The van der Waals surface area contributed by atoms with Crippen molar-refractivity contribution in [1.82, 2.24) is 4.90 Å². The lowest BCUT2D eigenvalue weighted by Gasteiger charge is -2.34. The van der Waals surface area contributed by atoms with E-state index in [1.165, 1.54) is 30.5 Å². The number of amides is 2. The van der Waals surface area contributed by atoms with Gasteiger partial charge in [-0.3, -0.25) is 9.59 Å². The van der Waals surface area contributed by atoms with Crippen LogP contribution >= 0.6 is 11.8 Å². The average Bonchev–Trinajstić information content (AvgIpc) is 2.24. The van der Waals surface area contributed by atoms with Gasteiger partial charge in [-0.25, -0.2) is 4.79 Å². The third kappa shape index (κ3) is 4.95. The highest BCUT2D eigenvalue weighted by Crippen LogP contribution is 2.16. The minimum Gasteiger partial charge on any atom is -0.480 e. The number of primary amides is 1. The Labute approximate surface area is 111 Å². The zero-order chi connectivity index (χ0) is 14.3. The quantitative estimate of drug-likeness (QED) is 0.621. The van der Waals surface area contributed by atoms with Crippen LogP contribution in [0, 0.1) is 0 Å². The van der Waals surface area contributed by atoms with E-state index in [2.05, 4.69) is 0 Å². The van der Waals surface area contributed by atoms with Crippen LogP contribution in [0.1, 0.15) is 27.2 Å². The first kappa shape index (κ1) is 16.8. The van der Waals surface area contributed by atoms with Crippen molar-refractivity contribution in [1.29, 1.82) is 0 Å². The zero-order valence-electron chi connectivity index (χ0n) is 10.9. The second kappa shape index (κ2) is 7.25. The normalized spacial score (nSPS) is 11.1. The summed E-state index contributed by atoms with van der Waals surface area (Å²) in [4.78, 5) is 34.8. The third-order valence-corrected chi connectivity index (χ3v) is 3.50. The van der Waals surface area contributed by atoms with Crippen molar-refractivity contribution in [3.05, 3.63) is 0 Å². The van der Waals surface area contributed by atoms with Gasteiger partial charge in [-0.15, -0.1) is 0 Å². The summed E-state index contributed by atoms with van der Waals surface area (Å²) in [5.41, 5.74) is 3.75. The Balaban J connectivity index is 4.37. The molecule has 0 saturated heterocycles. The Kier molecular flexibility index (Phi) is 6.75. The molecule has 0 fully saturated rings.